The number of nitrogens with two attached hydrogens (primary N) is 1. The van der Waals surface area contributed by atoms with Gasteiger partial charge in [-0.15, -0.1) is 0 Å². The minimum atomic E-state index is -0.748. The third kappa shape index (κ3) is 2.68. The zero-order valence-corrected chi connectivity index (χ0v) is 12.4. The van der Waals surface area contributed by atoms with Gasteiger partial charge in [0.05, 0.1) is 0 Å². The summed E-state index contributed by atoms with van der Waals surface area (Å²) in [5, 5.41) is 3.97. The van der Waals surface area contributed by atoms with E-state index in [1.54, 1.807) is 30.3 Å². The number of hydrogen-bond donors (Lipinski definition) is 2. The molecule has 2 aromatic carbocycles. The van der Waals surface area contributed by atoms with E-state index in [0.29, 0.717) is 15.7 Å². The van der Waals surface area contributed by atoms with Crippen molar-refractivity contribution in [1.29, 1.82) is 0 Å². The molecule has 0 spiro atoms. The molecule has 1 atom stereocenters. The molecule has 2 aromatic rings. The summed E-state index contributed by atoms with van der Waals surface area (Å²) in [5.41, 5.74) is 8.99. The number of rotatable bonds is 1. The summed E-state index contributed by atoms with van der Waals surface area (Å²) in [7, 11) is 0. The lowest BCUT2D eigenvalue weighted by Crippen LogP contribution is -2.32. The number of nitrogens with one attached hydrogen (secondary N) is 1. The molecule has 0 bridgehead atoms. The Kier molecular flexibility index (Phi) is 3.72. The second kappa shape index (κ2) is 5.53. The van der Waals surface area contributed by atoms with Crippen molar-refractivity contribution in [3.05, 3.63) is 69.7 Å². The Morgan fingerprint density at radius 3 is 2.57 bits per heavy atom. The summed E-state index contributed by atoms with van der Waals surface area (Å²) in [6, 6.07) is 12.0. The van der Waals surface area contributed by atoms with Gasteiger partial charge in [0.15, 0.2) is 0 Å². The Bertz CT molecular complexity index is 756. The lowest BCUT2D eigenvalue weighted by molar-refractivity contribution is -0.116. The number of carbonyl (C=O) groups is 1. The van der Waals surface area contributed by atoms with Crippen LogP contribution in [-0.2, 0) is 4.79 Å². The van der Waals surface area contributed by atoms with E-state index in [1.165, 1.54) is 0 Å². The molecule has 0 fully saturated rings. The van der Waals surface area contributed by atoms with E-state index >= 15 is 0 Å². The molecule has 0 aliphatic carbocycles. The summed E-state index contributed by atoms with van der Waals surface area (Å²) >= 11 is 12.4. The zero-order chi connectivity index (χ0) is 15.0. The maximum atomic E-state index is 12.0. The Morgan fingerprint density at radius 2 is 1.81 bits per heavy atom. The molecule has 3 nitrogen and oxygen atoms in total. The maximum Gasteiger partial charge on any atom is 0.245 e. The average Bonchev–Trinajstić information content (AvgIpc) is 2.58. The molecule has 0 radical (unpaired) electrons. The first-order chi connectivity index (χ1) is 10.1. The lowest BCUT2D eigenvalue weighted by Gasteiger charge is -2.13. The van der Waals surface area contributed by atoms with E-state index < -0.39 is 6.04 Å². The molecule has 21 heavy (non-hydrogen) atoms. The number of hydrogen-bond acceptors (Lipinski definition) is 2. The van der Waals surface area contributed by atoms with Crippen LogP contribution in [0, 0.1) is 0 Å². The fraction of sp³-hybridized carbons (Fsp3) is 0.0625. The van der Waals surface area contributed by atoms with Gasteiger partial charge < -0.3 is 11.1 Å². The molecule has 1 unspecified atom stereocenters. The van der Waals surface area contributed by atoms with Gasteiger partial charge in [-0.05, 0) is 35.9 Å². The number of amides is 1. The van der Waals surface area contributed by atoms with Gasteiger partial charge in [0.2, 0.25) is 5.91 Å². The summed E-state index contributed by atoms with van der Waals surface area (Å²) in [5.74, 6) is -0.263. The minimum absolute atomic E-state index is 0.263. The third-order valence-electron chi connectivity index (χ3n) is 3.34. The lowest BCUT2D eigenvalue weighted by atomic mass is 9.95. The molecule has 1 aliphatic rings. The third-order valence-corrected chi connectivity index (χ3v) is 3.91. The van der Waals surface area contributed by atoms with Gasteiger partial charge in [-0.25, -0.2) is 0 Å². The minimum Gasteiger partial charge on any atom is -0.324 e. The molecule has 1 aliphatic heterocycles. The van der Waals surface area contributed by atoms with Gasteiger partial charge in [0.1, 0.15) is 6.04 Å². The van der Waals surface area contributed by atoms with Gasteiger partial charge >= 0.3 is 0 Å². The average molecular weight is 319 g/mol. The smallest absolute Gasteiger partial charge is 0.245 e. The number of fused-ring (bicyclic) bond motifs is 1. The number of halogens is 2. The normalized spacial score (nSPS) is 17.6. The molecular formula is C16H12Cl2N2O. The quantitative estimate of drug-likeness (QED) is 0.842. The molecule has 106 valence electrons. The zero-order valence-electron chi connectivity index (χ0n) is 10.9. The van der Waals surface area contributed by atoms with Crippen LogP contribution in [0.3, 0.4) is 0 Å². The van der Waals surface area contributed by atoms with Gasteiger partial charge in [-0.3, -0.25) is 4.79 Å². The highest BCUT2D eigenvalue weighted by molar-refractivity contribution is 6.33. The molecule has 3 N–H and O–H groups in total. The van der Waals surface area contributed by atoms with Crippen LogP contribution in [0.4, 0.5) is 5.69 Å². The van der Waals surface area contributed by atoms with Crippen molar-refractivity contribution in [3.63, 3.8) is 0 Å². The van der Waals surface area contributed by atoms with Crippen LogP contribution >= 0.6 is 23.2 Å². The van der Waals surface area contributed by atoms with Crippen LogP contribution in [0.2, 0.25) is 10.0 Å². The molecule has 1 amide bonds. The van der Waals surface area contributed by atoms with E-state index in [1.807, 2.05) is 18.2 Å². The van der Waals surface area contributed by atoms with Crippen molar-refractivity contribution >= 4 is 40.4 Å². The van der Waals surface area contributed by atoms with E-state index in [2.05, 4.69) is 5.32 Å². The monoisotopic (exact) mass is 318 g/mol. The predicted octanol–water partition coefficient (Wildman–Crippen LogP) is 3.70. The molecule has 5 heteroatoms. The summed E-state index contributed by atoms with van der Waals surface area (Å²) in [6.45, 7) is 0. The standard InChI is InChI=1S/C16H12Cl2N2O/c17-9-5-6-15-12(7-9)11(8-14(19)16(21)20-15)10-3-1-2-4-13(10)18/h1-8,14H,19H2,(H,20,21). The van der Waals surface area contributed by atoms with E-state index in [9.17, 15) is 4.79 Å². The van der Waals surface area contributed by atoms with Crippen molar-refractivity contribution in [2.75, 3.05) is 5.32 Å². The summed E-state index contributed by atoms with van der Waals surface area (Å²) in [6.07, 6.45) is 1.71. The molecule has 3 rings (SSSR count). The van der Waals surface area contributed by atoms with Crippen molar-refractivity contribution in [2.24, 2.45) is 5.73 Å². The first-order valence-electron chi connectivity index (χ1n) is 6.39. The van der Waals surface area contributed by atoms with Crippen LogP contribution in [-0.4, -0.2) is 11.9 Å². The summed E-state index contributed by atoms with van der Waals surface area (Å²) in [4.78, 5) is 12.0. The van der Waals surface area contributed by atoms with Crippen molar-refractivity contribution < 1.29 is 4.79 Å². The fourth-order valence-electron chi connectivity index (χ4n) is 2.32. The van der Waals surface area contributed by atoms with E-state index in [-0.39, 0.29) is 5.91 Å². The number of carbonyl (C=O) groups excluding carboxylic acids is 1. The van der Waals surface area contributed by atoms with Crippen LogP contribution in [0.25, 0.3) is 5.57 Å². The van der Waals surface area contributed by atoms with Crippen LogP contribution in [0.5, 0.6) is 0 Å². The van der Waals surface area contributed by atoms with Crippen LogP contribution in [0.15, 0.2) is 48.5 Å². The fourth-order valence-corrected chi connectivity index (χ4v) is 2.73. The van der Waals surface area contributed by atoms with Crippen molar-refractivity contribution in [3.8, 4) is 0 Å². The molecule has 0 aromatic heterocycles. The van der Waals surface area contributed by atoms with Gasteiger partial charge in [0, 0.05) is 26.9 Å². The van der Waals surface area contributed by atoms with Gasteiger partial charge in [-0.2, -0.15) is 0 Å². The molecule has 1 heterocycles. The Morgan fingerprint density at radius 1 is 1.05 bits per heavy atom. The second-order valence-corrected chi connectivity index (χ2v) is 5.61. The Hall–Kier alpha value is -1.81. The largest absolute Gasteiger partial charge is 0.324 e. The molecular weight excluding hydrogens is 307 g/mol. The van der Waals surface area contributed by atoms with Crippen LogP contribution in [0.1, 0.15) is 11.1 Å². The predicted molar refractivity (Wildman–Crippen MR) is 86.6 cm³/mol. The summed E-state index contributed by atoms with van der Waals surface area (Å²) < 4.78 is 0. The van der Waals surface area contributed by atoms with Gasteiger partial charge in [0.25, 0.3) is 0 Å². The second-order valence-electron chi connectivity index (χ2n) is 4.77. The Balaban J connectivity index is 2.27. The topological polar surface area (TPSA) is 55.1 Å². The Labute approximate surface area is 132 Å². The van der Waals surface area contributed by atoms with E-state index in [0.717, 1.165) is 16.7 Å². The first kappa shape index (κ1) is 14.1. The van der Waals surface area contributed by atoms with Crippen molar-refractivity contribution in [2.45, 2.75) is 6.04 Å². The van der Waals surface area contributed by atoms with Crippen LogP contribution < -0.4 is 11.1 Å². The molecule has 0 saturated heterocycles. The SMILES string of the molecule is NC1C=C(c2ccccc2Cl)c2cc(Cl)ccc2NC1=O. The maximum absolute atomic E-state index is 12.0. The highest BCUT2D eigenvalue weighted by Crippen LogP contribution is 2.36. The highest BCUT2D eigenvalue weighted by Gasteiger charge is 2.22. The first-order valence-corrected chi connectivity index (χ1v) is 7.15. The van der Waals surface area contributed by atoms with Gasteiger partial charge in [-0.1, -0.05) is 41.4 Å². The molecule has 0 saturated carbocycles. The van der Waals surface area contributed by atoms with E-state index in [4.69, 9.17) is 28.9 Å². The van der Waals surface area contributed by atoms with Crippen molar-refractivity contribution in [1.82, 2.24) is 0 Å². The highest BCUT2D eigenvalue weighted by atomic mass is 35.5. The number of anilines is 1. The number of benzene rings is 2.